The summed E-state index contributed by atoms with van der Waals surface area (Å²) >= 11 is 0. The number of aromatic amines is 1. The lowest BCUT2D eigenvalue weighted by Gasteiger charge is -2.12. The summed E-state index contributed by atoms with van der Waals surface area (Å²) in [5.74, 6) is -0.765. The number of nitrogens with zero attached hydrogens (tertiary/aromatic N) is 2. The van der Waals surface area contributed by atoms with Crippen molar-refractivity contribution in [1.29, 1.82) is 0 Å². The number of amides is 3. The fourth-order valence-electron chi connectivity index (χ4n) is 1.77. The van der Waals surface area contributed by atoms with Crippen molar-refractivity contribution < 1.29 is 14.0 Å². The molecule has 3 N–H and O–H groups in total. The highest BCUT2D eigenvalue weighted by Gasteiger charge is 2.15. The number of carbonyl (C=O) groups is 2. The van der Waals surface area contributed by atoms with E-state index in [1.54, 1.807) is 13.0 Å². The van der Waals surface area contributed by atoms with Gasteiger partial charge in [-0.3, -0.25) is 15.2 Å². The molecule has 0 unspecified atom stereocenters. The fraction of sp³-hybridized carbons (Fsp3) is 0.214. The molecule has 0 saturated heterocycles. The molecule has 0 bridgehead atoms. The maximum Gasteiger partial charge on any atom is 0.324 e. The largest absolute Gasteiger partial charge is 0.345 e. The van der Waals surface area contributed by atoms with Crippen molar-refractivity contribution in [3.63, 3.8) is 0 Å². The van der Waals surface area contributed by atoms with Gasteiger partial charge in [0.2, 0.25) is 0 Å². The predicted octanol–water partition coefficient (Wildman–Crippen LogP) is 2.20. The first-order chi connectivity index (χ1) is 10.4. The van der Waals surface area contributed by atoms with Gasteiger partial charge in [0.15, 0.2) is 5.82 Å². The number of hydrogen-bond acceptors (Lipinski definition) is 3. The summed E-state index contributed by atoms with van der Waals surface area (Å²) in [6.45, 7) is 1.80. The molecule has 0 spiro atoms. The summed E-state index contributed by atoms with van der Waals surface area (Å²) in [5, 5.41) is 11.6. The molecule has 0 aliphatic heterocycles. The van der Waals surface area contributed by atoms with Gasteiger partial charge in [-0.25, -0.2) is 9.18 Å². The van der Waals surface area contributed by atoms with E-state index in [0.717, 1.165) is 11.8 Å². The summed E-state index contributed by atoms with van der Waals surface area (Å²) in [5.41, 5.74) is 0.991. The zero-order valence-corrected chi connectivity index (χ0v) is 12.4. The Hall–Kier alpha value is -2.90. The Morgan fingerprint density at radius 2 is 1.95 bits per heavy atom. The van der Waals surface area contributed by atoms with Crippen LogP contribution < -0.4 is 10.6 Å². The second kappa shape index (κ2) is 6.25. The molecule has 1 aromatic carbocycles. The lowest BCUT2D eigenvalue weighted by Crippen LogP contribution is -2.24. The number of benzene rings is 1. The number of halogens is 1. The van der Waals surface area contributed by atoms with Gasteiger partial charge in [0, 0.05) is 31.5 Å². The number of anilines is 2. The first-order valence-electron chi connectivity index (χ1n) is 6.48. The van der Waals surface area contributed by atoms with E-state index in [1.165, 1.54) is 31.1 Å². The van der Waals surface area contributed by atoms with Crippen LogP contribution in [0.5, 0.6) is 0 Å². The molecule has 0 radical (unpaired) electrons. The third-order valence-corrected chi connectivity index (χ3v) is 2.81. The van der Waals surface area contributed by atoms with Crippen LogP contribution in [0.4, 0.5) is 20.7 Å². The van der Waals surface area contributed by atoms with Crippen LogP contribution in [-0.4, -0.2) is 41.1 Å². The predicted molar refractivity (Wildman–Crippen MR) is 80.4 cm³/mol. The maximum absolute atomic E-state index is 13.7. The molecule has 22 heavy (non-hydrogen) atoms. The molecule has 8 heteroatoms. The second-order valence-electron chi connectivity index (χ2n) is 4.91. The van der Waals surface area contributed by atoms with Gasteiger partial charge in [0.05, 0.1) is 5.56 Å². The first-order valence-corrected chi connectivity index (χ1v) is 6.48. The van der Waals surface area contributed by atoms with Gasteiger partial charge in [-0.1, -0.05) is 0 Å². The standard InChI is InChI=1S/C14H16FN5O2/c1-8-6-12(19-18-8)17-14(22)16-9-4-5-11(15)10(7-9)13(21)20(2)3/h4-7H,1-3H3,(H3,16,17,18,19,22). The lowest BCUT2D eigenvalue weighted by atomic mass is 10.1. The SMILES string of the molecule is Cc1cc(NC(=O)Nc2ccc(F)c(C(=O)N(C)C)c2)n[nH]1. The molecule has 3 amide bonds. The Bertz CT molecular complexity index is 711. The van der Waals surface area contributed by atoms with Crippen molar-refractivity contribution in [3.05, 3.63) is 41.3 Å². The van der Waals surface area contributed by atoms with Crippen LogP contribution in [-0.2, 0) is 0 Å². The molecule has 7 nitrogen and oxygen atoms in total. The van der Waals surface area contributed by atoms with Crippen molar-refractivity contribution in [3.8, 4) is 0 Å². The summed E-state index contributed by atoms with van der Waals surface area (Å²) < 4.78 is 13.7. The number of rotatable bonds is 3. The number of hydrogen-bond donors (Lipinski definition) is 3. The second-order valence-corrected chi connectivity index (χ2v) is 4.91. The minimum atomic E-state index is -0.646. The molecule has 2 aromatic rings. The van der Waals surface area contributed by atoms with Gasteiger partial charge in [0.25, 0.3) is 5.91 Å². The van der Waals surface area contributed by atoms with E-state index in [4.69, 9.17) is 0 Å². The molecular formula is C14H16FN5O2. The summed E-state index contributed by atoms with van der Waals surface area (Å²) in [6, 6.07) is 4.90. The lowest BCUT2D eigenvalue weighted by molar-refractivity contribution is 0.0823. The van der Waals surface area contributed by atoms with Gasteiger partial charge in [-0.15, -0.1) is 0 Å². The highest BCUT2D eigenvalue weighted by atomic mass is 19.1. The van der Waals surface area contributed by atoms with Crippen molar-refractivity contribution in [2.45, 2.75) is 6.92 Å². The van der Waals surface area contributed by atoms with Crippen LogP contribution in [0.15, 0.2) is 24.3 Å². The fourth-order valence-corrected chi connectivity index (χ4v) is 1.77. The van der Waals surface area contributed by atoms with E-state index in [2.05, 4.69) is 20.8 Å². The van der Waals surface area contributed by atoms with Gasteiger partial charge < -0.3 is 10.2 Å². The van der Waals surface area contributed by atoms with Crippen molar-refractivity contribution >= 4 is 23.4 Å². The van der Waals surface area contributed by atoms with Crippen molar-refractivity contribution in [2.24, 2.45) is 0 Å². The molecule has 0 atom stereocenters. The average Bonchev–Trinajstić information content (AvgIpc) is 2.85. The van der Waals surface area contributed by atoms with Crippen LogP contribution in [0.25, 0.3) is 0 Å². The van der Waals surface area contributed by atoms with Crippen LogP contribution in [0.1, 0.15) is 16.1 Å². The summed E-state index contributed by atoms with van der Waals surface area (Å²) in [7, 11) is 3.04. The number of nitrogens with one attached hydrogen (secondary N) is 3. The highest BCUT2D eigenvalue weighted by molar-refractivity contribution is 6.01. The van der Waals surface area contributed by atoms with Gasteiger partial charge in [-0.05, 0) is 25.1 Å². The Balaban J connectivity index is 2.11. The zero-order chi connectivity index (χ0) is 16.3. The zero-order valence-electron chi connectivity index (χ0n) is 12.4. The van der Waals surface area contributed by atoms with Crippen molar-refractivity contribution in [1.82, 2.24) is 15.1 Å². The number of carbonyl (C=O) groups excluding carboxylic acids is 2. The van der Waals surface area contributed by atoms with Gasteiger partial charge in [0.1, 0.15) is 5.82 Å². The van der Waals surface area contributed by atoms with E-state index >= 15 is 0 Å². The Morgan fingerprint density at radius 3 is 2.55 bits per heavy atom. The molecular weight excluding hydrogens is 289 g/mol. The molecule has 1 heterocycles. The monoisotopic (exact) mass is 305 g/mol. The van der Waals surface area contributed by atoms with E-state index < -0.39 is 17.8 Å². The smallest absolute Gasteiger partial charge is 0.324 e. The van der Waals surface area contributed by atoms with Gasteiger partial charge >= 0.3 is 6.03 Å². The molecule has 116 valence electrons. The number of aromatic nitrogens is 2. The molecule has 1 aromatic heterocycles. The Kier molecular flexibility index (Phi) is 4.40. The Morgan fingerprint density at radius 1 is 1.23 bits per heavy atom. The highest BCUT2D eigenvalue weighted by Crippen LogP contribution is 2.16. The average molecular weight is 305 g/mol. The topological polar surface area (TPSA) is 90.1 Å². The van der Waals surface area contributed by atoms with E-state index in [0.29, 0.717) is 11.5 Å². The van der Waals surface area contributed by atoms with Crippen LogP contribution >= 0.6 is 0 Å². The Labute approximate surface area is 126 Å². The van der Waals surface area contributed by atoms with Crippen LogP contribution in [0, 0.1) is 12.7 Å². The van der Waals surface area contributed by atoms with Crippen LogP contribution in [0.3, 0.4) is 0 Å². The normalized spacial score (nSPS) is 10.2. The quantitative estimate of drug-likeness (QED) is 0.812. The minimum absolute atomic E-state index is 0.113. The van der Waals surface area contributed by atoms with Gasteiger partial charge in [-0.2, -0.15) is 5.10 Å². The van der Waals surface area contributed by atoms with Crippen molar-refractivity contribution in [2.75, 3.05) is 24.7 Å². The summed E-state index contributed by atoms with van der Waals surface area (Å²) in [6.07, 6.45) is 0. The number of H-pyrrole nitrogens is 1. The third-order valence-electron chi connectivity index (χ3n) is 2.81. The first kappa shape index (κ1) is 15.5. The molecule has 0 aliphatic carbocycles. The third kappa shape index (κ3) is 3.60. The molecule has 0 aliphatic rings. The molecule has 0 saturated carbocycles. The summed E-state index contributed by atoms with van der Waals surface area (Å²) in [4.78, 5) is 24.9. The molecule has 2 rings (SSSR count). The van der Waals surface area contributed by atoms with E-state index in [1.807, 2.05) is 0 Å². The number of urea groups is 1. The molecule has 0 fully saturated rings. The number of aryl methyl sites for hydroxylation is 1. The van der Waals surface area contributed by atoms with E-state index in [9.17, 15) is 14.0 Å². The maximum atomic E-state index is 13.7. The van der Waals surface area contributed by atoms with Crippen LogP contribution in [0.2, 0.25) is 0 Å². The van der Waals surface area contributed by atoms with E-state index in [-0.39, 0.29) is 5.56 Å². The minimum Gasteiger partial charge on any atom is -0.345 e.